The van der Waals surface area contributed by atoms with E-state index < -0.39 is 62.1 Å². The molecule has 21 heteroatoms. The Labute approximate surface area is 365 Å². The van der Waals surface area contributed by atoms with Crippen molar-refractivity contribution in [2.24, 2.45) is 0 Å². The number of hydrogen-bond donors (Lipinski definition) is 4. The van der Waals surface area contributed by atoms with E-state index in [2.05, 4.69) is 30.0 Å². The Morgan fingerprint density at radius 3 is 2.30 bits per heavy atom. The SMILES string of the molecule is CCN(C)S(=O)(=O)Nc1ccc(F)c(C(=O)c2c[nH]c3ncc(-c4cnc(N5CCN(C(=O)CC6(O)CCN(c7ccc(C8CCC(=O)NC8=O)cc7F)CC6)CC5)nc4)cc23)c1F. The molecule has 336 valence electrons. The van der Waals surface area contributed by atoms with Gasteiger partial charge in [-0.3, -0.25) is 29.2 Å². The summed E-state index contributed by atoms with van der Waals surface area (Å²) in [7, 11) is -2.89. The van der Waals surface area contributed by atoms with E-state index in [0.717, 1.165) is 16.4 Å². The predicted octanol–water partition coefficient (Wildman–Crippen LogP) is 3.87. The third-order valence-corrected chi connectivity index (χ3v) is 13.8. The molecule has 1 atom stereocenters. The highest BCUT2D eigenvalue weighted by molar-refractivity contribution is 7.90. The van der Waals surface area contributed by atoms with Crippen molar-refractivity contribution in [3.05, 3.63) is 95.3 Å². The minimum Gasteiger partial charge on any atom is -0.389 e. The van der Waals surface area contributed by atoms with Crippen LogP contribution in [0.4, 0.5) is 30.5 Å². The lowest BCUT2D eigenvalue weighted by Gasteiger charge is -2.41. The van der Waals surface area contributed by atoms with Crippen molar-refractivity contribution in [2.75, 3.05) is 67.4 Å². The second kappa shape index (κ2) is 17.6. The molecule has 0 saturated carbocycles. The van der Waals surface area contributed by atoms with E-state index in [1.165, 1.54) is 25.5 Å². The number of aromatic amines is 1. The smallest absolute Gasteiger partial charge is 0.301 e. The Morgan fingerprint density at radius 1 is 0.922 bits per heavy atom. The van der Waals surface area contributed by atoms with Crippen LogP contribution in [0.25, 0.3) is 22.2 Å². The van der Waals surface area contributed by atoms with Crippen molar-refractivity contribution < 1.29 is 45.9 Å². The molecule has 5 aromatic rings. The van der Waals surface area contributed by atoms with E-state index in [-0.39, 0.29) is 60.6 Å². The van der Waals surface area contributed by atoms with Gasteiger partial charge in [0.25, 0.3) is 0 Å². The first-order chi connectivity index (χ1) is 30.5. The van der Waals surface area contributed by atoms with Crippen LogP contribution in [0.2, 0.25) is 0 Å². The van der Waals surface area contributed by atoms with E-state index in [1.54, 1.807) is 42.4 Å². The molecule has 64 heavy (non-hydrogen) atoms. The van der Waals surface area contributed by atoms with Gasteiger partial charge in [0, 0.05) is 106 Å². The number of ketones is 1. The molecule has 3 aliphatic heterocycles. The zero-order chi connectivity index (χ0) is 45.5. The summed E-state index contributed by atoms with van der Waals surface area (Å²) >= 11 is 0. The van der Waals surface area contributed by atoms with Crippen LogP contribution in [0.1, 0.15) is 66.4 Å². The summed E-state index contributed by atoms with van der Waals surface area (Å²) in [5.41, 5.74) is -0.738. The number of halogens is 3. The predicted molar refractivity (Wildman–Crippen MR) is 229 cm³/mol. The van der Waals surface area contributed by atoms with Gasteiger partial charge < -0.3 is 24.8 Å². The molecule has 0 radical (unpaired) electrons. The molecule has 2 aromatic carbocycles. The number of fused-ring (bicyclic) bond motifs is 1. The molecule has 0 spiro atoms. The number of hydrogen-bond acceptors (Lipinski definition) is 12. The number of rotatable bonds is 12. The van der Waals surface area contributed by atoms with Crippen LogP contribution in [0.15, 0.2) is 61.2 Å². The lowest BCUT2D eigenvalue weighted by Crippen LogP contribution is -2.52. The van der Waals surface area contributed by atoms with Crippen LogP contribution in [0.3, 0.4) is 0 Å². The second-order valence-electron chi connectivity index (χ2n) is 16.2. The Balaban J connectivity index is 0.862. The number of aromatic nitrogens is 4. The monoisotopic (exact) mass is 902 g/mol. The molecule has 0 aliphatic carbocycles. The summed E-state index contributed by atoms with van der Waals surface area (Å²) < 4.78 is 74.0. The molecular weight excluding hydrogens is 858 g/mol. The van der Waals surface area contributed by atoms with Gasteiger partial charge in [0.15, 0.2) is 5.82 Å². The van der Waals surface area contributed by atoms with E-state index in [9.17, 15) is 32.7 Å². The summed E-state index contributed by atoms with van der Waals surface area (Å²) in [5, 5.41) is 14.0. The molecule has 3 aromatic heterocycles. The molecule has 0 bridgehead atoms. The molecule has 8 rings (SSSR count). The third kappa shape index (κ3) is 8.87. The summed E-state index contributed by atoms with van der Waals surface area (Å²) in [6, 6.07) is 7.95. The number of benzene rings is 2. The lowest BCUT2D eigenvalue weighted by molar-refractivity contribution is -0.138. The highest BCUT2D eigenvalue weighted by Gasteiger charge is 2.38. The normalized spacial score (nSPS) is 18.1. The number of imide groups is 1. The molecule has 3 saturated heterocycles. The number of pyridine rings is 1. The minimum atomic E-state index is -4.17. The average Bonchev–Trinajstić information content (AvgIpc) is 3.71. The fourth-order valence-corrected chi connectivity index (χ4v) is 9.17. The van der Waals surface area contributed by atoms with Crippen LogP contribution in [-0.2, 0) is 24.6 Å². The fourth-order valence-electron chi connectivity index (χ4n) is 8.24. The van der Waals surface area contributed by atoms with Gasteiger partial charge in [0.05, 0.1) is 34.9 Å². The quantitative estimate of drug-likeness (QED) is 0.104. The van der Waals surface area contributed by atoms with Crippen molar-refractivity contribution in [3.8, 4) is 11.1 Å². The number of nitrogens with zero attached hydrogens (tertiary/aromatic N) is 7. The molecule has 6 heterocycles. The molecular formula is C43H45F3N10O7S. The van der Waals surface area contributed by atoms with Gasteiger partial charge in [-0.2, -0.15) is 12.7 Å². The first-order valence-corrected chi connectivity index (χ1v) is 22.2. The highest BCUT2D eigenvalue weighted by atomic mass is 32.2. The molecule has 3 aliphatic rings. The van der Waals surface area contributed by atoms with Gasteiger partial charge in [-0.25, -0.2) is 28.1 Å². The van der Waals surface area contributed by atoms with Crippen LogP contribution in [0, 0.1) is 17.5 Å². The first-order valence-electron chi connectivity index (χ1n) is 20.7. The minimum absolute atomic E-state index is 0.0789. The van der Waals surface area contributed by atoms with Gasteiger partial charge in [-0.1, -0.05) is 13.0 Å². The molecule has 4 N–H and O–H groups in total. The van der Waals surface area contributed by atoms with Crippen LogP contribution >= 0.6 is 0 Å². The van der Waals surface area contributed by atoms with Gasteiger partial charge >= 0.3 is 10.2 Å². The van der Waals surface area contributed by atoms with E-state index in [1.807, 2.05) is 9.80 Å². The maximum Gasteiger partial charge on any atom is 0.301 e. The largest absolute Gasteiger partial charge is 0.389 e. The summed E-state index contributed by atoms with van der Waals surface area (Å²) in [4.78, 5) is 72.5. The number of amides is 3. The Morgan fingerprint density at radius 2 is 1.62 bits per heavy atom. The standard InChI is InChI=1S/C43H45F3N10O7S/c1-3-53(2)64(62,63)52-33-7-6-31(44)37(38(33)46)39(59)30-24-48-40-29(30)18-26(21-47-40)27-22-49-42(50-23-27)56-16-14-55(15-17-56)36(58)20-43(61)10-12-54(13-11-43)34-8-4-25(19-32(34)45)28-5-9-35(57)51-41(28)60/h4,6-8,18-19,21-24,28,52,61H,3,5,9-17,20H2,1-2H3,(H,47,48)(H,51,57,60). The van der Waals surface area contributed by atoms with Crippen molar-refractivity contribution in [1.82, 2.24) is 34.5 Å². The topological polar surface area (TPSA) is 214 Å². The second-order valence-corrected chi connectivity index (χ2v) is 18.0. The zero-order valence-electron chi connectivity index (χ0n) is 34.9. The zero-order valence-corrected chi connectivity index (χ0v) is 35.7. The average molecular weight is 903 g/mol. The van der Waals surface area contributed by atoms with Crippen molar-refractivity contribution >= 4 is 62.1 Å². The van der Waals surface area contributed by atoms with E-state index >= 15 is 13.2 Å². The number of H-pyrrole nitrogens is 1. The summed E-state index contributed by atoms with van der Waals surface area (Å²) in [6.07, 6.45) is 6.87. The molecule has 3 fully saturated rings. The van der Waals surface area contributed by atoms with Crippen molar-refractivity contribution in [1.29, 1.82) is 0 Å². The Hall–Kier alpha value is -6.45. The van der Waals surface area contributed by atoms with Gasteiger partial charge in [0.1, 0.15) is 17.3 Å². The maximum atomic E-state index is 15.6. The van der Waals surface area contributed by atoms with Crippen LogP contribution in [0.5, 0.6) is 0 Å². The first kappa shape index (κ1) is 44.2. The highest BCUT2D eigenvalue weighted by Crippen LogP contribution is 2.34. The third-order valence-electron chi connectivity index (χ3n) is 12.2. The number of carbonyl (C=O) groups is 4. The Bertz CT molecular complexity index is 2760. The summed E-state index contributed by atoms with van der Waals surface area (Å²) in [6.45, 7) is 3.91. The maximum absolute atomic E-state index is 15.6. The number of nitrogens with one attached hydrogen (secondary N) is 3. The Kier molecular flexibility index (Phi) is 12.2. The van der Waals surface area contributed by atoms with Crippen molar-refractivity contribution in [2.45, 2.75) is 50.5 Å². The fraction of sp³-hybridized carbons (Fsp3) is 0.372. The van der Waals surface area contributed by atoms with Crippen LogP contribution in [-0.4, -0.2) is 125 Å². The number of carbonyl (C=O) groups excluding carboxylic acids is 4. The number of aliphatic hydroxyl groups is 1. The van der Waals surface area contributed by atoms with Gasteiger partial charge in [-0.15, -0.1) is 0 Å². The van der Waals surface area contributed by atoms with Gasteiger partial charge in [-0.05, 0) is 55.2 Å². The lowest BCUT2D eigenvalue weighted by atomic mass is 9.87. The summed E-state index contributed by atoms with van der Waals surface area (Å²) in [5.74, 6) is -5.23. The van der Waals surface area contributed by atoms with Gasteiger partial charge in [0.2, 0.25) is 29.5 Å². The van der Waals surface area contributed by atoms with E-state index in [0.29, 0.717) is 74.0 Å². The molecule has 3 amide bonds. The van der Waals surface area contributed by atoms with Crippen molar-refractivity contribution in [3.63, 3.8) is 0 Å². The van der Waals surface area contributed by atoms with E-state index in [4.69, 9.17) is 0 Å². The molecule has 17 nitrogen and oxygen atoms in total. The van der Waals surface area contributed by atoms with Crippen LogP contribution < -0.4 is 19.8 Å². The number of anilines is 3. The molecule has 1 unspecified atom stereocenters. The number of piperazine rings is 1. The number of piperidine rings is 2.